The number of phenolic OH excluding ortho intramolecular Hbond substituents is 1. The second-order valence-electron chi connectivity index (χ2n) is 3.85. The molecule has 2 N–H and O–H groups in total. The Hall–Kier alpha value is -1.67. The fraction of sp³-hybridized carbons (Fsp3) is 0.143. The van der Waals surface area contributed by atoms with Crippen LogP contribution in [0.2, 0.25) is 5.02 Å². The minimum atomic E-state index is 0.314. The molecule has 3 heteroatoms. The van der Waals surface area contributed by atoms with Crippen LogP contribution in [0.5, 0.6) is 5.75 Å². The molecule has 0 aliphatic heterocycles. The molecule has 0 spiro atoms. The molecule has 88 valence electrons. The van der Waals surface area contributed by atoms with Crippen LogP contribution in [0.25, 0.3) is 0 Å². The van der Waals surface area contributed by atoms with Crippen LogP contribution < -0.4 is 5.32 Å². The van der Waals surface area contributed by atoms with Gasteiger partial charge in [-0.1, -0.05) is 23.7 Å². The quantitative estimate of drug-likeness (QED) is 0.864. The molecule has 0 amide bonds. The first-order valence-corrected chi connectivity index (χ1v) is 5.89. The van der Waals surface area contributed by atoms with E-state index in [-0.39, 0.29) is 0 Å². The van der Waals surface area contributed by atoms with Crippen LogP contribution in [-0.2, 0) is 6.42 Å². The summed E-state index contributed by atoms with van der Waals surface area (Å²) in [5.74, 6) is 0.314. The molecule has 2 aromatic rings. The van der Waals surface area contributed by atoms with Gasteiger partial charge in [0, 0.05) is 17.3 Å². The lowest BCUT2D eigenvalue weighted by atomic mass is 10.1. The Morgan fingerprint density at radius 2 is 1.82 bits per heavy atom. The molecule has 0 atom stereocenters. The van der Waals surface area contributed by atoms with E-state index in [1.54, 1.807) is 12.1 Å². The third kappa shape index (κ3) is 3.68. The van der Waals surface area contributed by atoms with E-state index in [0.29, 0.717) is 5.75 Å². The van der Waals surface area contributed by atoms with Crippen LogP contribution in [-0.4, -0.2) is 11.7 Å². The van der Waals surface area contributed by atoms with Gasteiger partial charge in [0.25, 0.3) is 0 Å². The van der Waals surface area contributed by atoms with Crippen molar-refractivity contribution in [2.24, 2.45) is 0 Å². The lowest BCUT2D eigenvalue weighted by Gasteiger charge is -2.06. The fourth-order valence-corrected chi connectivity index (χ4v) is 1.76. The second kappa shape index (κ2) is 5.60. The first-order chi connectivity index (χ1) is 8.24. The number of hydrogen-bond acceptors (Lipinski definition) is 2. The summed E-state index contributed by atoms with van der Waals surface area (Å²) in [6.07, 6.45) is 0.872. The van der Waals surface area contributed by atoms with Gasteiger partial charge in [-0.25, -0.2) is 0 Å². The van der Waals surface area contributed by atoms with E-state index in [1.165, 1.54) is 0 Å². The zero-order valence-corrected chi connectivity index (χ0v) is 10.1. The molecule has 0 aliphatic rings. The van der Waals surface area contributed by atoms with Crippen molar-refractivity contribution in [2.45, 2.75) is 6.42 Å². The summed E-state index contributed by atoms with van der Waals surface area (Å²) in [7, 11) is 0. The van der Waals surface area contributed by atoms with Gasteiger partial charge in [-0.15, -0.1) is 0 Å². The van der Waals surface area contributed by atoms with Crippen LogP contribution in [0.4, 0.5) is 5.69 Å². The standard InChI is InChI=1S/C14H14ClNO/c15-12-4-6-13(7-5-12)16-9-8-11-2-1-3-14(17)10-11/h1-7,10,16-17H,8-9H2. The maximum absolute atomic E-state index is 9.32. The van der Waals surface area contributed by atoms with Gasteiger partial charge >= 0.3 is 0 Å². The average Bonchev–Trinajstić information content (AvgIpc) is 2.32. The van der Waals surface area contributed by atoms with Crippen molar-refractivity contribution in [3.05, 3.63) is 59.1 Å². The molecule has 0 aliphatic carbocycles. The highest BCUT2D eigenvalue weighted by molar-refractivity contribution is 6.30. The first-order valence-electron chi connectivity index (χ1n) is 5.51. The minimum absolute atomic E-state index is 0.314. The van der Waals surface area contributed by atoms with Gasteiger partial charge < -0.3 is 10.4 Å². The van der Waals surface area contributed by atoms with Crippen LogP contribution in [0.1, 0.15) is 5.56 Å². The number of anilines is 1. The topological polar surface area (TPSA) is 32.3 Å². The molecule has 0 bridgehead atoms. The number of benzene rings is 2. The predicted molar refractivity (Wildman–Crippen MR) is 71.8 cm³/mol. The number of halogens is 1. The third-order valence-electron chi connectivity index (χ3n) is 2.50. The smallest absolute Gasteiger partial charge is 0.115 e. The molecule has 0 unspecified atom stereocenters. The van der Waals surface area contributed by atoms with E-state index in [2.05, 4.69) is 5.32 Å². The molecule has 17 heavy (non-hydrogen) atoms. The van der Waals surface area contributed by atoms with E-state index in [0.717, 1.165) is 29.2 Å². The maximum Gasteiger partial charge on any atom is 0.115 e. The van der Waals surface area contributed by atoms with Gasteiger partial charge in [-0.3, -0.25) is 0 Å². The molecule has 0 saturated heterocycles. The number of nitrogens with one attached hydrogen (secondary N) is 1. The van der Waals surface area contributed by atoms with Gasteiger partial charge in [0.05, 0.1) is 0 Å². The average molecular weight is 248 g/mol. The van der Waals surface area contributed by atoms with Crippen LogP contribution in [0, 0.1) is 0 Å². The van der Waals surface area contributed by atoms with Crippen molar-refractivity contribution < 1.29 is 5.11 Å². The molecule has 2 nitrogen and oxygen atoms in total. The molecule has 0 heterocycles. The largest absolute Gasteiger partial charge is 0.508 e. The number of hydrogen-bond donors (Lipinski definition) is 2. The van der Waals surface area contributed by atoms with E-state index >= 15 is 0 Å². The number of rotatable bonds is 4. The summed E-state index contributed by atoms with van der Waals surface area (Å²) in [6.45, 7) is 0.824. The van der Waals surface area contributed by atoms with Crippen LogP contribution in [0.3, 0.4) is 0 Å². The summed E-state index contributed by atoms with van der Waals surface area (Å²) in [6, 6.07) is 14.9. The molecule has 0 fully saturated rings. The molecule has 0 radical (unpaired) electrons. The summed E-state index contributed by atoms with van der Waals surface area (Å²) >= 11 is 5.80. The van der Waals surface area contributed by atoms with Crippen molar-refractivity contribution in [2.75, 3.05) is 11.9 Å². The Morgan fingerprint density at radius 3 is 2.53 bits per heavy atom. The van der Waals surface area contributed by atoms with Crippen molar-refractivity contribution in [3.63, 3.8) is 0 Å². The van der Waals surface area contributed by atoms with Gasteiger partial charge in [0.2, 0.25) is 0 Å². The SMILES string of the molecule is Oc1cccc(CCNc2ccc(Cl)cc2)c1. The molecule has 0 aromatic heterocycles. The highest BCUT2D eigenvalue weighted by Gasteiger charge is 1.95. The predicted octanol–water partition coefficient (Wildman–Crippen LogP) is 3.70. The minimum Gasteiger partial charge on any atom is -0.508 e. The summed E-state index contributed by atoms with van der Waals surface area (Å²) in [5.41, 5.74) is 2.17. The van der Waals surface area contributed by atoms with Crippen LogP contribution in [0.15, 0.2) is 48.5 Å². The lowest BCUT2D eigenvalue weighted by molar-refractivity contribution is 0.474. The van der Waals surface area contributed by atoms with E-state index in [1.807, 2.05) is 36.4 Å². The Labute approximate surface area is 106 Å². The fourth-order valence-electron chi connectivity index (χ4n) is 1.63. The molecule has 2 aromatic carbocycles. The Balaban J connectivity index is 1.85. The number of phenols is 1. The highest BCUT2D eigenvalue weighted by atomic mass is 35.5. The van der Waals surface area contributed by atoms with Crippen molar-refractivity contribution in [1.82, 2.24) is 0 Å². The zero-order chi connectivity index (χ0) is 12.1. The van der Waals surface area contributed by atoms with E-state index < -0.39 is 0 Å². The van der Waals surface area contributed by atoms with Crippen LogP contribution >= 0.6 is 11.6 Å². The maximum atomic E-state index is 9.32. The highest BCUT2D eigenvalue weighted by Crippen LogP contribution is 2.14. The first kappa shape index (κ1) is 11.8. The van der Waals surface area contributed by atoms with Gasteiger partial charge in [0.15, 0.2) is 0 Å². The van der Waals surface area contributed by atoms with Crippen molar-refractivity contribution >= 4 is 17.3 Å². The molecule has 2 rings (SSSR count). The Morgan fingerprint density at radius 1 is 1.06 bits per heavy atom. The summed E-state index contributed by atoms with van der Waals surface area (Å²) in [4.78, 5) is 0. The monoisotopic (exact) mass is 247 g/mol. The van der Waals surface area contributed by atoms with E-state index in [9.17, 15) is 5.11 Å². The normalized spacial score (nSPS) is 10.2. The third-order valence-corrected chi connectivity index (χ3v) is 2.75. The number of aromatic hydroxyl groups is 1. The summed E-state index contributed by atoms with van der Waals surface area (Å²) < 4.78 is 0. The summed E-state index contributed by atoms with van der Waals surface area (Å²) in [5, 5.41) is 13.4. The van der Waals surface area contributed by atoms with E-state index in [4.69, 9.17) is 11.6 Å². The van der Waals surface area contributed by atoms with Crippen molar-refractivity contribution in [3.8, 4) is 5.75 Å². The molecule has 0 saturated carbocycles. The lowest BCUT2D eigenvalue weighted by Crippen LogP contribution is -2.04. The van der Waals surface area contributed by atoms with Crippen molar-refractivity contribution in [1.29, 1.82) is 0 Å². The zero-order valence-electron chi connectivity index (χ0n) is 9.36. The Bertz CT molecular complexity index is 482. The molecular weight excluding hydrogens is 234 g/mol. The second-order valence-corrected chi connectivity index (χ2v) is 4.29. The van der Waals surface area contributed by atoms with Gasteiger partial charge in [-0.2, -0.15) is 0 Å². The van der Waals surface area contributed by atoms with Gasteiger partial charge in [-0.05, 0) is 48.4 Å². The van der Waals surface area contributed by atoms with Gasteiger partial charge in [0.1, 0.15) is 5.75 Å². The Kier molecular flexibility index (Phi) is 3.89. The molecular formula is C14H14ClNO.